The summed E-state index contributed by atoms with van der Waals surface area (Å²) in [5.41, 5.74) is 0. The normalized spacial score (nSPS) is 20.9. The first-order valence-corrected chi connectivity index (χ1v) is 5.06. The van der Waals surface area contributed by atoms with E-state index in [1.54, 1.807) is 0 Å². The molecule has 0 spiro atoms. The van der Waals surface area contributed by atoms with Crippen molar-refractivity contribution >= 4 is 5.91 Å². The molecule has 1 aromatic rings. The van der Waals surface area contributed by atoms with E-state index in [-0.39, 0.29) is 5.91 Å². The highest BCUT2D eigenvalue weighted by molar-refractivity contribution is 5.90. The average molecular weight is 192 g/mol. The summed E-state index contributed by atoms with van der Waals surface area (Å²) in [5.74, 6) is 1.53. The van der Waals surface area contributed by atoms with E-state index in [1.807, 2.05) is 0 Å². The Kier molecular flexibility index (Phi) is 1.59. The van der Waals surface area contributed by atoms with Crippen LogP contribution in [-0.4, -0.2) is 27.1 Å². The van der Waals surface area contributed by atoms with Gasteiger partial charge < -0.3 is 5.32 Å². The van der Waals surface area contributed by atoms with Gasteiger partial charge in [-0.25, -0.2) is 4.98 Å². The van der Waals surface area contributed by atoms with Crippen LogP contribution in [0.2, 0.25) is 0 Å². The van der Waals surface area contributed by atoms with Gasteiger partial charge in [-0.1, -0.05) is 0 Å². The van der Waals surface area contributed by atoms with Crippen molar-refractivity contribution in [1.82, 2.24) is 20.5 Å². The number of rotatable bonds is 3. The van der Waals surface area contributed by atoms with Crippen molar-refractivity contribution in [3.05, 3.63) is 11.6 Å². The van der Waals surface area contributed by atoms with Crippen LogP contribution in [0.4, 0.5) is 0 Å². The quantitative estimate of drug-likeness (QED) is 0.735. The molecule has 2 fully saturated rings. The highest BCUT2D eigenvalue weighted by Gasteiger charge is 2.29. The van der Waals surface area contributed by atoms with Crippen molar-refractivity contribution in [3.8, 4) is 0 Å². The third kappa shape index (κ3) is 1.49. The Morgan fingerprint density at radius 2 is 2.14 bits per heavy atom. The molecule has 0 aromatic carbocycles. The average Bonchev–Trinajstić information content (AvgIpc) is 3.08. The first-order chi connectivity index (χ1) is 6.83. The Morgan fingerprint density at radius 1 is 1.36 bits per heavy atom. The van der Waals surface area contributed by atoms with Gasteiger partial charge in [-0.3, -0.25) is 9.89 Å². The van der Waals surface area contributed by atoms with Crippen molar-refractivity contribution in [2.75, 3.05) is 0 Å². The molecule has 0 bridgehead atoms. The lowest BCUT2D eigenvalue weighted by atomic mass is 10.4. The summed E-state index contributed by atoms with van der Waals surface area (Å²) in [5, 5.41) is 9.59. The highest BCUT2D eigenvalue weighted by atomic mass is 16.2. The molecule has 5 heteroatoms. The van der Waals surface area contributed by atoms with Crippen molar-refractivity contribution in [3.63, 3.8) is 0 Å². The molecule has 0 aliphatic heterocycles. The number of hydrogen-bond donors (Lipinski definition) is 2. The molecular weight excluding hydrogens is 180 g/mol. The predicted molar refractivity (Wildman–Crippen MR) is 48.8 cm³/mol. The van der Waals surface area contributed by atoms with Gasteiger partial charge in [0.1, 0.15) is 5.82 Å². The number of amides is 1. The van der Waals surface area contributed by atoms with E-state index in [1.165, 1.54) is 12.8 Å². The summed E-state index contributed by atoms with van der Waals surface area (Å²) in [7, 11) is 0. The van der Waals surface area contributed by atoms with E-state index in [0.29, 0.717) is 17.8 Å². The Hall–Kier alpha value is -1.39. The molecular formula is C9H12N4O. The Balaban J connectivity index is 1.70. The molecule has 14 heavy (non-hydrogen) atoms. The maximum Gasteiger partial charge on any atom is 0.291 e. The maximum absolute atomic E-state index is 11.5. The second kappa shape index (κ2) is 2.80. The number of H-pyrrole nitrogens is 1. The van der Waals surface area contributed by atoms with Crippen LogP contribution in [0.25, 0.3) is 0 Å². The molecule has 2 saturated carbocycles. The fraction of sp³-hybridized carbons (Fsp3) is 0.667. The van der Waals surface area contributed by atoms with Crippen LogP contribution in [0.15, 0.2) is 0 Å². The molecule has 0 saturated heterocycles. The van der Waals surface area contributed by atoms with Crippen LogP contribution in [0.3, 0.4) is 0 Å². The van der Waals surface area contributed by atoms with Gasteiger partial charge >= 0.3 is 0 Å². The van der Waals surface area contributed by atoms with E-state index >= 15 is 0 Å². The van der Waals surface area contributed by atoms with Crippen molar-refractivity contribution in [2.45, 2.75) is 37.6 Å². The zero-order valence-electron chi connectivity index (χ0n) is 7.79. The number of aromatic amines is 1. The molecule has 2 aliphatic rings. The number of hydrogen-bond acceptors (Lipinski definition) is 3. The predicted octanol–water partition coefficient (Wildman–Crippen LogP) is 0.574. The van der Waals surface area contributed by atoms with E-state index in [0.717, 1.165) is 18.7 Å². The first kappa shape index (κ1) is 7.96. The topological polar surface area (TPSA) is 70.7 Å². The van der Waals surface area contributed by atoms with Gasteiger partial charge in [-0.05, 0) is 25.7 Å². The standard InChI is InChI=1S/C9H12N4O/c14-9(10-6-3-4-6)8-11-7(12-13-8)5-1-2-5/h5-6H,1-4H2,(H,10,14)(H,11,12,13). The Bertz CT molecular complexity index is 365. The van der Waals surface area contributed by atoms with Crippen molar-refractivity contribution in [1.29, 1.82) is 0 Å². The number of nitrogens with zero attached hydrogens (tertiary/aromatic N) is 2. The van der Waals surface area contributed by atoms with Gasteiger partial charge in [-0.15, -0.1) is 5.10 Å². The summed E-state index contributed by atoms with van der Waals surface area (Å²) < 4.78 is 0. The number of carbonyl (C=O) groups excluding carboxylic acids is 1. The second-order valence-electron chi connectivity index (χ2n) is 4.07. The number of carbonyl (C=O) groups is 1. The summed E-state index contributed by atoms with van der Waals surface area (Å²) in [6.07, 6.45) is 4.51. The highest BCUT2D eigenvalue weighted by Crippen LogP contribution is 2.37. The monoisotopic (exact) mass is 192 g/mol. The van der Waals surface area contributed by atoms with E-state index < -0.39 is 0 Å². The SMILES string of the molecule is O=C(NC1CC1)c1n[nH]c(C2CC2)n1. The van der Waals surface area contributed by atoms with Gasteiger partial charge in [0.15, 0.2) is 0 Å². The lowest BCUT2D eigenvalue weighted by molar-refractivity contribution is 0.0941. The number of aromatic nitrogens is 3. The van der Waals surface area contributed by atoms with Crippen molar-refractivity contribution < 1.29 is 4.79 Å². The molecule has 74 valence electrons. The van der Waals surface area contributed by atoms with Crippen LogP contribution < -0.4 is 5.32 Å². The third-order valence-corrected chi connectivity index (χ3v) is 2.58. The largest absolute Gasteiger partial charge is 0.347 e. The summed E-state index contributed by atoms with van der Waals surface area (Å²) in [6.45, 7) is 0. The van der Waals surface area contributed by atoms with Gasteiger partial charge in [0.05, 0.1) is 0 Å². The molecule has 5 nitrogen and oxygen atoms in total. The maximum atomic E-state index is 11.5. The summed E-state index contributed by atoms with van der Waals surface area (Å²) >= 11 is 0. The minimum Gasteiger partial charge on any atom is -0.347 e. The lowest BCUT2D eigenvalue weighted by Crippen LogP contribution is -2.26. The Labute approximate surface area is 81.3 Å². The molecule has 1 amide bonds. The lowest BCUT2D eigenvalue weighted by Gasteiger charge is -1.96. The fourth-order valence-electron chi connectivity index (χ4n) is 1.39. The zero-order valence-corrected chi connectivity index (χ0v) is 7.79. The van der Waals surface area contributed by atoms with Gasteiger partial charge in [0.25, 0.3) is 5.91 Å². The van der Waals surface area contributed by atoms with Gasteiger partial charge in [0, 0.05) is 12.0 Å². The Morgan fingerprint density at radius 3 is 2.79 bits per heavy atom. The zero-order chi connectivity index (χ0) is 9.54. The molecule has 1 aromatic heterocycles. The van der Waals surface area contributed by atoms with Gasteiger partial charge in [0.2, 0.25) is 5.82 Å². The number of nitrogens with one attached hydrogen (secondary N) is 2. The molecule has 2 aliphatic carbocycles. The van der Waals surface area contributed by atoms with Crippen LogP contribution in [0, 0.1) is 0 Å². The summed E-state index contributed by atoms with van der Waals surface area (Å²) in [6, 6.07) is 0.366. The minimum atomic E-state index is -0.143. The van der Waals surface area contributed by atoms with Crippen LogP contribution >= 0.6 is 0 Å². The van der Waals surface area contributed by atoms with Gasteiger partial charge in [-0.2, -0.15) is 0 Å². The van der Waals surface area contributed by atoms with E-state index in [9.17, 15) is 4.79 Å². The van der Waals surface area contributed by atoms with Crippen LogP contribution in [0.1, 0.15) is 48.0 Å². The smallest absolute Gasteiger partial charge is 0.291 e. The molecule has 2 N–H and O–H groups in total. The first-order valence-electron chi connectivity index (χ1n) is 5.06. The molecule has 0 radical (unpaired) electrons. The fourth-order valence-corrected chi connectivity index (χ4v) is 1.39. The summed E-state index contributed by atoms with van der Waals surface area (Å²) in [4.78, 5) is 15.7. The van der Waals surface area contributed by atoms with E-state index in [4.69, 9.17) is 0 Å². The molecule has 0 atom stereocenters. The third-order valence-electron chi connectivity index (χ3n) is 2.58. The van der Waals surface area contributed by atoms with E-state index in [2.05, 4.69) is 20.5 Å². The molecule has 1 heterocycles. The van der Waals surface area contributed by atoms with Crippen LogP contribution in [-0.2, 0) is 0 Å². The van der Waals surface area contributed by atoms with Crippen molar-refractivity contribution in [2.24, 2.45) is 0 Å². The minimum absolute atomic E-state index is 0.143. The molecule has 3 rings (SSSR count). The second-order valence-corrected chi connectivity index (χ2v) is 4.07. The van der Waals surface area contributed by atoms with Crippen LogP contribution in [0.5, 0.6) is 0 Å². The molecule has 0 unspecified atom stereocenters.